The minimum absolute atomic E-state index is 0.798. The molecule has 2 bridgehead atoms. The van der Waals surface area contributed by atoms with Gasteiger partial charge in [-0.1, -0.05) is 36.8 Å². The van der Waals surface area contributed by atoms with E-state index in [1.807, 2.05) is 6.07 Å². The molecular weight excluding hydrogens is 252 g/mol. The number of thiocarbonyl (C=S) groups is 1. The molecule has 3 atom stereocenters. The first-order valence-corrected chi connectivity index (χ1v) is 7.77. The highest BCUT2D eigenvalue weighted by atomic mass is 32.1. The van der Waals surface area contributed by atoms with E-state index in [1.165, 1.54) is 31.2 Å². The predicted molar refractivity (Wildman–Crippen MR) is 82.8 cm³/mol. The summed E-state index contributed by atoms with van der Waals surface area (Å²) in [6, 6.07) is 10.4. The third-order valence-electron chi connectivity index (χ3n) is 4.71. The van der Waals surface area contributed by atoms with Crippen LogP contribution in [0.1, 0.15) is 31.2 Å². The molecule has 2 N–H and O–H groups in total. The van der Waals surface area contributed by atoms with Gasteiger partial charge in [0.15, 0.2) is 5.11 Å². The average molecular weight is 274 g/mol. The van der Waals surface area contributed by atoms with Gasteiger partial charge in [-0.3, -0.25) is 0 Å². The lowest BCUT2D eigenvalue weighted by Crippen LogP contribution is -2.38. The molecule has 3 rings (SSSR count). The zero-order chi connectivity index (χ0) is 13.1. The van der Waals surface area contributed by atoms with Crippen molar-refractivity contribution in [1.82, 2.24) is 10.6 Å². The molecule has 2 aliphatic carbocycles. The van der Waals surface area contributed by atoms with Crippen molar-refractivity contribution in [1.29, 1.82) is 0 Å². The van der Waals surface area contributed by atoms with Crippen LogP contribution in [0, 0.1) is 17.8 Å². The summed E-state index contributed by atoms with van der Waals surface area (Å²) < 4.78 is 0. The Labute approximate surface area is 121 Å². The molecule has 0 saturated heterocycles. The number of nitrogens with one attached hydrogen (secondary N) is 2. The van der Waals surface area contributed by atoms with Crippen molar-refractivity contribution in [2.24, 2.45) is 17.8 Å². The van der Waals surface area contributed by atoms with Crippen LogP contribution in [0.15, 0.2) is 30.3 Å². The van der Waals surface area contributed by atoms with E-state index in [9.17, 15) is 0 Å². The molecule has 2 nitrogen and oxygen atoms in total. The summed E-state index contributed by atoms with van der Waals surface area (Å²) in [4.78, 5) is 0. The van der Waals surface area contributed by atoms with Crippen LogP contribution < -0.4 is 10.6 Å². The number of hydrogen-bond donors (Lipinski definition) is 2. The van der Waals surface area contributed by atoms with E-state index in [0.717, 1.165) is 36.0 Å². The lowest BCUT2D eigenvalue weighted by Gasteiger charge is -2.22. The van der Waals surface area contributed by atoms with Gasteiger partial charge in [0.2, 0.25) is 0 Å². The fraction of sp³-hybridized carbons (Fsp3) is 0.562. The van der Waals surface area contributed by atoms with E-state index < -0.39 is 0 Å². The Morgan fingerprint density at radius 2 is 1.95 bits per heavy atom. The maximum Gasteiger partial charge on any atom is 0.166 e. The predicted octanol–water partition coefficient (Wildman–Crippen LogP) is 3.09. The Morgan fingerprint density at radius 1 is 1.11 bits per heavy atom. The summed E-state index contributed by atoms with van der Waals surface area (Å²) in [6.45, 7) is 1.87. The monoisotopic (exact) mass is 274 g/mol. The molecule has 0 radical (unpaired) electrons. The first-order valence-electron chi connectivity index (χ1n) is 7.37. The minimum atomic E-state index is 0.798. The molecule has 102 valence electrons. The van der Waals surface area contributed by atoms with Crippen LogP contribution >= 0.6 is 12.2 Å². The third kappa shape index (κ3) is 3.27. The molecule has 2 saturated carbocycles. The fourth-order valence-corrected chi connectivity index (χ4v) is 3.85. The summed E-state index contributed by atoms with van der Waals surface area (Å²) in [5, 5.41) is 7.49. The van der Waals surface area contributed by atoms with Crippen LogP contribution in [-0.4, -0.2) is 11.7 Å². The quantitative estimate of drug-likeness (QED) is 0.825. The molecule has 1 aromatic carbocycles. The number of benzene rings is 1. The topological polar surface area (TPSA) is 24.1 Å². The molecule has 1 aromatic rings. The van der Waals surface area contributed by atoms with Crippen LogP contribution in [0.5, 0.6) is 0 Å². The summed E-state index contributed by atoms with van der Waals surface area (Å²) in [5.41, 5.74) is 1.27. The SMILES string of the molecule is S=C(NCc1ccccc1)NC[C@@H]1C[C@@H]2CC[C@@H]1C2. The van der Waals surface area contributed by atoms with Crippen molar-refractivity contribution in [2.75, 3.05) is 6.54 Å². The highest BCUT2D eigenvalue weighted by Crippen LogP contribution is 2.47. The van der Waals surface area contributed by atoms with E-state index in [-0.39, 0.29) is 0 Å². The van der Waals surface area contributed by atoms with Gasteiger partial charge < -0.3 is 10.6 Å². The van der Waals surface area contributed by atoms with Gasteiger partial charge in [0.1, 0.15) is 0 Å². The van der Waals surface area contributed by atoms with Gasteiger partial charge in [-0.05, 0) is 54.8 Å². The molecule has 0 aliphatic heterocycles. The molecule has 2 fully saturated rings. The zero-order valence-electron chi connectivity index (χ0n) is 11.3. The van der Waals surface area contributed by atoms with Crippen molar-refractivity contribution in [2.45, 2.75) is 32.2 Å². The van der Waals surface area contributed by atoms with Crippen molar-refractivity contribution in [3.63, 3.8) is 0 Å². The van der Waals surface area contributed by atoms with Crippen molar-refractivity contribution in [3.8, 4) is 0 Å². The van der Waals surface area contributed by atoms with Gasteiger partial charge in [-0.25, -0.2) is 0 Å². The molecule has 0 amide bonds. The van der Waals surface area contributed by atoms with Crippen molar-refractivity contribution in [3.05, 3.63) is 35.9 Å². The largest absolute Gasteiger partial charge is 0.362 e. The van der Waals surface area contributed by atoms with Gasteiger partial charge in [0, 0.05) is 13.1 Å². The smallest absolute Gasteiger partial charge is 0.166 e. The third-order valence-corrected chi connectivity index (χ3v) is 4.99. The van der Waals surface area contributed by atoms with Gasteiger partial charge >= 0.3 is 0 Å². The second kappa shape index (κ2) is 5.91. The van der Waals surface area contributed by atoms with Crippen LogP contribution in [0.25, 0.3) is 0 Å². The standard InChI is InChI=1S/C16H22N2S/c19-16(17-10-12-4-2-1-3-5-12)18-11-15-9-13-6-7-14(15)8-13/h1-5,13-15H,6-11H2,(H2,17,18,19)/t13-,14-,15+/m1/s1. The molecule has 0 spiro atoms. The van der Waals surface area contributed by atoms with Gasteiger partial charge in [-0.2, -0.15) is 0 Å². The lowest BCUT2D eigenvalue weighted by atomic mass is 9.89. The van der Waals surface area contributed by atoms with Crippen LogP contribution in [0.2, 0.25) is 0 Å². The summed E-state index contributed by atoms with van der Waals surface area (Å²) >= 11 is 5.35. The second-order valence-electron chi connectivity index (χ2n) is 5.98. The molecule has 0 unspecified atom stereocenters. The van der Waals surface area contributed by atoms with Gasteiger partial charge in [-0.15, -0.1) is 0 Å². The summed E-state index contributed by atoms with van der Waals surface area (Å²) in [5.74, 6) is 2.84. The maximum atomic E-state index is 5.35. The minimum Gasteiger partial charge on any atom is -0.362 e. The normalized spacial score (nSPS) is 28.3. The Kier molecular flexibility index (Phi) is 4.02. The number of fused-ring (bicyclic) bond motifs is 2. The average Bonchev–Trinajstić information content (AvgIpc) is 3.06. The maximum absolute atomic E-state index is 5.35. The fourth-order valence-electron chi connectivity index (χ4n) is 3.69. The van der Waals surface area contributed by atoms with E-state index in [0.29, 0.717) is 0 Å². The molecular formula is C16H22N2S. The Balaban J connectivity index is 1.38. The highest BCUT2D eigenvalue weighted by molar-refractivity contribution is 7.80. The summed E-state index contributed by atoms with van der Waals surface area (Å²) in [6.07, 6.45) is 5.80. The Morgan fingerprint density at radius 3 is 2.63 bits per heavy atom. The van der Waals surface area contributed by atoms with Crippen molar-refractivity contribution >= 4 is 17.3 Å². The first-order chi connectivity index (χ1) is 9.31. The van der Waals surface area contributed by atoms with Gasteiger partial charge in [0.05, 0.1) is 0 Å². The van der Waals surface area contributed by atoms with E-state index in [1.54, 1.807) is 0 Å². The van der Waals surface area contributed by atoms with Gasteiger partial charge in [0.25, 0.3) is 0 Å². The van der Waals surface area contributed by atoms with E-state index >= 15 is 0 Å². The second-order valence-corrected chi connectivity index (χ2v) is 6.39. The van der Waals surface area contributed by atoms with Crippen LogP contribution in [0.3, 0.4) is 0 Å². The molecule has 2 aliphatic rings. The van der Waals surface area contributed by atoms with Crippen LogP contribution in [0.4, 0.5) is 0 Å². The lowest BCUT2D eigenvalue weighted by molar-refractivity contribution is 0.332. The van der Waals surface area contributed by atoms with Crippen molar-refractivity contribution < 1.29 is 0 Å². The molecule has 19 heavy (non-hydrogen) atoms. The number of hydrogen-bond acceptors (Lipinski definition) is 1. The Bertz CT molecular complexity index is 432. The van der Waals surface area contributed by atoms with Crippen LogP contribution in [-0.2, 0) is 6.54 Å². The molecule has 0 heterocycles. The van der Waals surface area contributed by atoms with E-state index in [2.05, 4.69) is 34.9 Å². The molecule has 0 aromatic heterocycles. The first kappa shape index (κ1) is 12.9. The van der Waals surface area contributed by atoms with E-state index in [4.69, 9.17) is 12.2 Å². The zero-order valence-corrected chi connectivity index (χ0v) is 12.1. The summed E-state index contributed by atoms with van der Waals surface area (Å²) in [7, 11) is 0. The molecule has 3 heteroatoms. The highest BCUT2D eigenvalue weighted by Gasteiger charge is 2.39. The number of rotatable bonds is 4. The Hall–Kier alpha value is -1.09.